The first-order valence-electron chi connectivity index (χ1n) is 11.5. The van der Waals surface area contributed by atoms with Gasteiger partial charge in [-0.15, -0.1) is 0 Å². The fourth-order valence-electron chi connectivity index (χ4n) is 4.24. The molecule has 0 unspecified atom stereocenters. The minimum atomic E-state index is -0.371. The van der Waals surface area contributed by atoms with Crippen LogP contribution in [0.15, 0.2) is 71.3 Å². The van der Waals surface area contributed by atoms with Gasteiger partial charge in [0.25, 0.3) is 0 Å². The lowest BCUT2D eigenvalue weighted by Crippen LogP contribution is -2.33. The summed E-state index contributed by atoms with van der Waals surface area (Å²) in [5.74, 6) is 1.75. The number of rotatable bonds is 8. The third-order valence-electron chi connectivity index (χ3n) is 6.05. The number of methoxy groups -OCH3 is 2. The van der Waals surface area contributed by atoms with Crippen molar-refractivity contribution in [3.8, 4) is 28.4 Å². The van der Waals surface area contributed by atoms with Crippen molar-refractivity contribution in [1.82, 2.24) is 9.47 Å². The zero-order valence-corrected chi connectivity index (χ0v) is 22.0. The summed E-state index contributed by atoms with van der Waals surface area (Å²) in [7, 11) is 3.22. The van der Waals surface area contributed by atoms with E-state index in [2.05, 4.69) is 44.9 Å². The van der Waals surface area contributed by atoms with Gasteiger partial charge in [0.2, 0.25) is 0 Å². The Labute approximate surface area is 214 Å². The highest BCUT2D eigenvalue weighted by Crippen LogP contribution is 2.41. The van der Waals surface area contributed by atoms with Gasteiger partial charge >= 0.3 is 6.09 Å². The molecule has 0 aliphatic carbocycles. The van der Waals surface area contributed by atoms with Crippen molar-refractivity contribution in [1.29, 1.82) is 0 Å². The second-order valence-electron chi connectivity index (χ2n) is 8.06. The molecule has 0 N–H and O–H groups in total. The molecule has 0 saturated heterocycles. The Balaban J connectivity index is 1.85. The first-order valence-corrected chi connectivity index (χ1v) is 12.3. The summed E-state index contributed by atoms with van der Waals surface area (Å²) < 4.78 is 20.1. The largest absolute Gasteiger partial charge is 0.493 e. The van der Waals surface area contributed by atoms with E-state index in [0.717, 1.165) is 26.5 Å². The van der Waals surface area contributed by atoms with Gasteiger partial charge in [-0.3, -0.25) is 0 Å². The van der Waals surface area contributed by atoms with Gasteiger partial charge in [-0.2, -0.15) is 0 Å². The summed E-state index contributed by atoms with van der Waals surface area (Å²) in [5, 5.41) is 0.983. The Morgan fingerprint density at radius 2 is 1.66 bits per heavy atom. The van der Waals surface area contributed by atoms with E-state index in [1.165, 1.54) is 5.56 Å². The van der Waals surface area contributed by atoms with Crippen LogP contribution in [0.25, 0.3) is 22.0 Å². The fraction of sp³-hybridized carbons (Fsp3) is 0.250. The molecule has 182 valence electrons. The van der Waals surface area contributed by atoms with E-state index in [1.54, 1.807) is 19.1 Å². The molecule has 1 heterocycles. The van der Waals surface area contributed by atoms with Crippen molar-refractivity contribution in [2.24, 2.45) is 0 Å². The molecule has 1 aromatic heterocycles. The van der Waals surface area contributed by atoms with Crippen LogP contribution < -0.4 is 14.2 Å². The number of nitrogens with zero attached hydrogens (tertiary/aromatic N) is 2. The first-order chi connectivity index (χ1) is 17.0. The summed E-state index contributed by atoms with van der Waals surface area (Å²) >= 11 is 3.56. The highest BCUT2D eigenvalue weighted by atomic mass is 79.9. The van der Waals surface area contributed by atoms with Crippen molar-refractivity contribution in [2.75, 3.05) is 27.3 Å². The van der Waals surface area contributed by atoms with E-state index in [1.807, 2.05) is 56.3 Å². The number of aromatic nitrogens is 1. The lowest BCUT2D eigenvalue weighted by atomic mass is 10.00. The average Bonchev–Trinajstić information content (AvgIpc) is 3.26. The summed E-state index contributed by atoms with van der Waals surface area (Å²) in [6, 6.07) is 19.9. The topological polar surface area (TPSA) is 52.9 Å². The van der Waals surface area contributed by atoms with Crippen molar-refractivity contribution in [3.63, 3.8) is 0 Å². The number of halogens is 1. The summed E-state index contributed by atoms with van der Waals surface area (Å²) in [5.41, 5.74) is 3.92. The molecule has 0 fully saturated rings. The Morgan fingerprint density at radius 1 is 0.914 bits per heavy atom. The highest BCUT2D eigenvalue weighted by molar-refractivity contribution is 9.10. The van der Waals surface area contributed by atoms with Crippen molar-refractivity contribution in [3.05, 3.63) is 76.9 Å². The Morgan fingerprint density at radius 3 is 2.34 bits per heavy atom. The van der Waals surface area contributed by atoms with Gasteiger partial charge in [-0.1, -0.05) is 34.1 Å². The zero-order valence-electron chi connectivity index (χ0n) is 20.4. The second kappa shape index (κ2) is 10.9. The van der Waals surface area contributed by atoms with Crippen LogP contribution in [-0.2, 0) is 6.54 Å². The smallest absolute Gasteiger partial charge is 0.415 e. The predicted molar refractivity (Wildman–Crippen MR) is 143 cm³/mol. The van der Waals surface area contributed by atoms with Gasteiger partial charge in [0.15, 0.2) is 11.5 Å². The number of carbonyl (C=O) groups excluding carboxylic acids is 1. The van der Waals surface area contributed by atoms with Crippen LogP contribution in [0.1, 0.15) is 19.4 Å². The first kappa shape index (κ1) is 24.7. The predicted octanol–water partition coefficient (Wildman–Crippen LogP) is 6.98. The van der Waals surface area contributed by atoms with Crippen molar-refractivity contribution in [2.45, 2.75) is 20.4 Å². The van der Waals surface area contributed by atoms with Gasteiger partial charge in [0.05, 0.1) is 14.2 Å². The molecule has 3 aromatic carbocycles. The summed E-state index contributed by atoms with van der Waals surface area (Å²) in [4.78, 5) is 14.5. The summed E-state index contributed by atoms with van der Waals surface area (Å²) in [6.45, 7) is 5.74. The molecule has 7 heteroatoms. The van der Waals surface area contributed by atoms with Gasteiger partial charge < -0.3 is 23.7 Å². The molecular weight excluding hydrogens is 508 g/mol. The zero-order chi connectivity index (χ0) is 24.9. The minimum Gasteiger partial charge on any atom is -0.493 e. The average molecular weight is 537 g/mol. The van der Waals surface area contributed by atoms with Crippen LogP contribution in [-0.4, -0.2) is 42.9 Å². The van der Waals surface area contributed by atoms with Crippen molar-refractivity contribution < 1.29 is 19.0 Å². The lowest BCUT2D eigenvalue weighted by molar-refractivity contribution is 0.157. The standard InChI is InChI=1S/C28H29BrN2O4/c1-5-30(6-2)28(32)35-25-13-11-23-22(14-15-31(23)18-19-8-7-9-21(29)16-19)27(25)20-10-12-24(33-3)26(17-20)34-4/h7-17H,5-6,18H2,1-4H3. The number of ether oxygens (including phenoxy) is 3. The van der Waals surface area contributed by atoms with Gasteiger partial charge in [0, 0.05) is 46.8 Å². The number of benzene rings is 3. The Kier molecular flexibility index (Phi) is 7.66. The molecule has 0 bridgehead atoms. The molecule has 0 aliphatic heterocycles. The van der Waals surface area contributed by atoms with E-state index in [9.17, 15) is 4.79 Å². The Bertz CT molecular complexity index is 1340. The Hall–Kier alpha value is -3.45. The third kappa shape index (κ3) is 5.15. The minimum absolute atomic E-state index is 0.371. The lowest BCUT2D eigenvalue weighted by Gasteiger charge is -2.20. The van der Waals surface area contributed by atoms with Gasteiger partial charge in [0.1, 0.15) is 5.75 Å². The quantitative estimate of drug-likeness (QED) is 0.244. The molecule has 0 atom stereocenters. The molecule has 4 aromatic rings. The van der Waals surface area contributed by atoms with Crippen molar-refractivity contribution >= 4 is 32.9 Å². The monoisotopic (exact) mass is 536 g/mol. The molecule has 0 aliphatic rings. The molecule has 35 heavy (non-hydrogen) atoms. The van der Waals surface area contributed by atoms with Crippen LogP contribution in [0, 0.1) is 0 Å². The molecule has 1 amide bonds. The number of amides is 1. The molecule has 0 radical (unpaired) electrons. The van der Waals surface area contributed by atoms with Crippen LogP contribution in [0.2, 0.25) is 0 Å². The van der Waals surface area contributed by atoms with E-state index in [-0.39, 0.29) is 6.09 Å². The maximum Gasteiger partial charge on any atom is 0.415 e. The van der Waals surface area contributed by atoms with Crippen LogP contribution in [0.4, 0.5) is 4.79 Å². The number of carbonyl (C=O) groups is 1. The van der Waals surface area contributed by atoms with E-state index in [0.29, 0.717) is 36.9 Å². The number of hydrogen-bond acceptors (Lipinski definition) is 4. The van der Waals surface area contributed by atoms with Gasteiger partial charge in [-0.05, 0) is 67.4 Å². The molecule has 6 nitrogen and oxygen atoms in total. The summed E-state index contributed by atoms with van der Waals surface area (Å²) in [6.07, 6.45) is 1.69. The van der Waals surface area contributed by atoms with E-state index < -0.39 is 0 Å². The van der Waals surface area contributed by atoms with E-state index in [4.69, 9.17) is 14.2 Å². The normalized spacial score (nSPS) is 10.9. The number of hydrogen-bond donors (Lipinski definition) is 0. The molecule has 0 saturated carbocycles. The molecule has 0 spiro atoms. The van der Waals surface area contributed by atoms with Crippen LogP contribution in [0.5, 0.6) is 17.2 Å². The highest BCUT2D eigenvalue weighted by Gasteiger charge is 2.20. The maximum absolute atomic E-state index is 12.8. The fourth-order valence-corrected chi connectivity index (χ4v) is 4.68. The maximum atomic E-state index is 12.8. The third-order valence-corrected chi connectivity index (χ3v) is 6.54. The van der Waals surface area contributed by atoms with Gasteiger partial charge in [-0.25, -0.2) is 4.79 Å². The van der Waals surface area contributed by atoms with E-state index >= 15 is 0 Å². The number of fused-ring (bicyclic) bond motifs is 1. The second-order valence-corrected chi connectivity index (χ2v) is 8.97. The molecule has 4 rings (SSSR count). The van der Waals surface area contributed by atoms with Crippen LogP contribution in [0.3, 0.4) is 0 Å². The molecular formula is C28H29BrN2O4. The van der Waals surface area contributed by atoms with Crippen LogP contribution >= 0.6 is 15.9 Å². The SMILES string of the molecule is CCN(CC)C(=O)Oc1ccc2c(ccn2Cc2cccc(Br)c2)c1-c1ccc(OC)c(OC)c1.